The monoisotopic (exact) mass is 1080 g/mol. The molecule has 4 unspecified atom stereocenters. The van der Waals surface area contributed by atoms with Crippen LogP contribution >= 0.6 is 7.82 Å². The van der Waals surface area contributed by atoms with Crippen LogP contribution in [0.5, 0.6) is 0 Å². The second-order valence-corrected chi connectivity index (χ2v) is 24.4. The predicted molar refractivity (Wildman–Crippen MR) is 324 cm³/mol. The van der Waals surface area contributed by atoms with Crippen LogP contribution < -0.4 is 5.32 Å². The van der Waals surface area contributed by atoms with E-state index in [-0.39, 0.29) is 12.5 Å². The number of likely N-dealkylation sites (N-methyl/N-ethyl adjacent to an activating group) is 1. The summed E-state index contributed by atoms with van der Waals surface area (Å²) in [5, 5.41) is 24.8. The largest absolute Gasteiger partial charge is 0.472 e. The van der Waals surface area contributed by atoms with Crippen LogP contribution in [0, 0.1) is 0 Å². The molecule has 0 aliphatic heterocycles. The highest BCUT2D eigenvalue weighted by Gasteiger charge is 2.32. The molecule has 75 heavy (non-hydrogen) atoms. The number of hydrogen-bond donors (Lipinski definition) is 4. The smallest absolute Gasteiger partial charge is 0.390 e. The Morgan fingerprint density at radius 1 is 0.480 bits per heavy atom. The van der Waals surface area contributed by atoms with E-state index >= 15 is 0 Å². The molecule has 0 rings (SSSR count). The van der Waals surface area contributed by atoms with E-state index in [1.807, 2.05) is 21.1 Å². The molecule has 0 heterocycles. The number of rotatable bonds is 58. The van der Waals surface area contributed by atoms with Crippen LogP contribution in [0.15, 0.2) is 60.8 Å². The number of nitrogens with one attached hydrogen (secondary N) is 1. The molecule has 10 heteroatoms. The number of phosphoric acid groups is 1. The minimum absolute atomic E-state index is 0.0229. The molecule has 0 aliphatic rings. The Hall–Kier alpha value is -1.84. The summed E-state index contributed by atoms with van der Waals surface area (Å²) >= 11 is 0. The van der Waals surface area contributed by atoms with E-state index in [1.165, 1.54) is 193 Å². The summed E-state index contributed by atoms with van der Waals surface area (Å²) in [5.41, 5.74) is 0. The van der Waals surface area contributed by atoms with Crippen molar-refractivity contribution in [1.82, 2.24) is 5.32 Å². The van der Waals surface area contributed by atoms with Gasteiger partial charge >= 0.3 is 7.82 Å². The Morgan fingerprint density at radius 3 is 1.21 bits per heavy atom. The maximum Gasteiger partial charge on any atom is 0.472 e. The van der Waals surface area contributed by atoms with Crippen molar-refractivity contribution in [1.29, 1.82) is 0 Å². The average molecular weight is 1080 g/mol. The fraction of sp³-hybridized carbons (Fsp3) is 0.831. The van der Waals surface area contributed by atoms with E-state index in [1.54, 1.807) is 0 Å². The number of carbonyl (C=O) groups excluding carboxylic acids is 1. The summed E-state index contributed by atoms with van der Waals surface area (Å²) in [7, 11) is 1.44. The van der Waals surface area contributed by atoms with E-state index in [2.05, 4.69) is 79.9 Å². The van der Waals surface area contributed by atoms with Crippen molar-refractivity contribution in [2.45, 2.75) is 308 Å². The Morgan fingerprint density at radius 2 is 0.827 bits per heavy atom. The zero-order chi connectivity index (χ0) is 55.0. The molecule has 0 saturated heterocycles. The minimum atomic E-state index is -4.42. The first-order valence-corrected chi connectivity index (χ1v) is 33.2. The van der Waals surface area contributed by atoms with Gasteiger partial charge in [-0.05, 0) is 57.8 Å². The van der Waals surface area contributed by atoms with Gasteiger partial charge in [-0.25, -0.2) is 4.57 Å². The van der Waals surface area contributed by atoms with Crippen molar-refractivity contribution in [2.24, 2.45) is 0 Å². The van der Waals surface area contributed by atoms with Crippen LogP contribution in [0.2, 0.25) is 0 Å². The maximum atomic E-state index is 13.0. The van der Waals surface area contributed by atoms with Crippen LogP contribution in [0.4, 0.5) is 0 Å². The van der Waals surface area contributed by atoms with Crippen LogP contribution in [-0.4, -0.2) is 84.6 Å². The molecule has 0 saturated carbocycles. The number of aliphatic hydroxyl groups excluding tert-OH is 2. The first kappa shape index (κ1) is 73.2. The van der Waals surface area contributed by atoms with Gasteiger partial charge in [0.1, 0.15) is 19.3 Å². The standard InChI is InChI=1S/C65H123N2O7P/c1-6-8-10-12-14-16-18-20-21-22-23-24-25-26-27-28-29-30-31-32-33-34-35-36-37-38-39-40-41-42-43-44-45-46-48-50-52-54-56-58-64(69)66-62(61-74-75(71,72)73-60-59-67(3,4)5)65(70)63(68)57-55-53-51-49-47-19-17-15-13-11-9-7-2/h8,10,14,16,20-21,23-24,26-27,62-63,65,68,70H,6-7,9,11-13,15,17-19,22,25,28-61H2,1-5H3,(H-,66,69,71,72)/p+1/b10-8-,16-14-,21-20-,24-23-,27-26-. The number of nitrogens with zero attached hydrogens (tertiary/aromatic N) is 1. The lowest BCUT2D eigenvalue weighted by molar-refractivity contribution is -0.870. The lowest BCUT2D eigenvalue weighted by Crippen LogP contribution is -2.51. The summed E-state index contributed by atoms with van der Waals surface area (Å²) < 4.78 is 23.6. The van der Waals surface area contributed by atoms with Crippen molar-refractivity contribution < 1.29 is 38.0 Å². The number of phosphoric ester groups is 1. The van der Waals surface area contributed by atoms with Gasteiger partial charge in [0, 0.05) is 6.42 Å². The number of quaternary nitrogens is 1. The second-order valence-electron chi connectivity index (χ2n) is 22.9. The molecule has 4 N–H and O–H groups in total. The second kappa shape index (κ2) is 55.5. The highest BCUT2D eigenvalue weighted by Crippen LogP contribution is 2.43. The van der Waals surface area contributed by atoms with E-state index in [0.717, 1.165) is 70.6 Å². The Labute approximate surface area is 464 Å². The summed E-state index contributed by atoms with van der Waals surface area (Å²) in [6.45, 7) is 4.51. The Balaban J connectivity index is 3.94. The van der Waals surface area contributed by atoms with Gasteiger partial charge in [-0.3, -0.25) is 13.8 Å². The SMILES string of the molecule is CC/C=C\C/C=C\C/C=C\C/C=C\C/C=C\CCCCCCCCCCCCCCCCCCCCCCCCCC(=O)NC(COP(=O)(O)OCC[N+](C)(C)C)C(O)C(O)CCCCCCCCCCCCCC. The molecule has 4 atom stereocenters. The molecule has 1 amide bonds. The zero-order valence-electron chi connectivity index (χ0n) is 49.9. The number of amides is 1. The van der Waals surface area contributed by atoms with Crippen molar-refractivity contribution in [2.75, 3.05) is 40.9 Å². The fourth-order valence-electron chi connectivity index (χ4n) is 9.41. The van der Waals surface area contributed by atoms with Crippen LogP contribution in [0.3, 0.4) is 0 Å². The van der Waals surface area contributed by atoms with Gasteiger partial charge in [0.2, 0.25) is 5.91 Å². The predicted octanol–water partition coefficient (Wildman–Crippen LogP) is 18.6. The molecule has 0 aliphatic carbocycles. The third kappa shape index (κ3) is 56.7. The summed E-state index contributed by atoms with van der Waals surface area (Å²) in [4.78, 5) is 23.4. The van der Waals surface area contributed by atoms with Gasteiger partial charge in [0.25, 0.3) is 0 Å². The quantitative estimate of drug-likeness (QED) is 0.0207. The first-order chi connectivity index (χ1) is 36.4. The molecule has 9 nitrogen and oxygen atoms in total. The Kier molecular flexibility index (Phi) is 54.1. The lowest BCUT2D eigenvalue weighted by Gasteiger charge is -2.28. The van der Waals surface area contributed by atoms with Gasteiger partial charge in [-0.1, -0.05) is 286 Å². The highest BCUT2D eigenvalue weighted by molar-refractivity contribution is 7.47. The molecular weight excluding hydrogens is 952 g/mol. The normalized spacial score (nSPS) is 14.6. The van der Waals surface area contributed by atoms with Crippen molar-refractivity contribution in [3.8, 4) is 0 Å². The summed E-state index contributed by atoms with van der Waals surface area (Å²) in [6.07, 6.45) is 72.0. The van der Waals surface area contributed by atoms with E-state index in [4.69, 9.17) is 9.05 Å². The van der Waals surface area contributed by atoms with E-state index in [0.29, 0.717) is 23.9 Å². The van der Waals surface area contributed by atoms with Gasteiger partial charge < -0.3 is 24.9 Å². The van der Waals surface area contributed by atoms with E-state index in [9.17, 15) is 24.5 Å². The molecular formula is C65H124N2O7P+. The third-order valence-electron chi connectivity index (χ3n) is 14.4. The highest BCUT2D eigenvalue weighted by atomic mass is 31.2. The molecule has 0 aromatic carbocycles. The topological polar surface area (TPSA) is 125 Å². The zero-order valence-corrected chi connectivity index (χ0v) is 50.8. The number of allylic oxidation sites excluding steroid dienone is 10. The summed E-state index contributed by atoms with van der Waals surface area (Å²) in [5.74, 6) is -0.254. The fourth-order valence-corrected chi connectivity index (χ4v) is 10.1. The molecule has 440 valence electrons. The molecule has 0 aromatic heterocycles. The van der Waals surface area contributed by atoms with Crippen molar-refractivity contribution >= 4 is 13.7 Å². The maximum absolute atomic E-state index is 13.0. The average Bonchev–Trinajstić information content (AvgIpc) is 3.37. The molecule has 0 fully saturated rings. The summed E-state index contributed by atoms with van der Waals surface area (Å²) in [6, 6.07) is -1.03. The number of carbonyl (C=O) groups is 1. The molecule has 0 radical (unpaired) electrons. The number of hydrogen-bond acceptors (Lipinski definition) is 6. The third-order valence-corrected chi connectivity index (χ3v) is 15.4. The van der Waals surface area contributed by atoms with Gasteiger partial charge in [-0.2, -0.15) is 0 Å². The lowest BCUT2D eigenvalue weighted by atomic mass is 9.99. The Bertz CT molecular complexity index is 1420. The van der Waals surface area contributed by atoms with Crippen molar-refractivity contribution in [3.63, 3.8) is 0 Å². The van der Waals surface area contributed by atoms with Gasteiger partial charge in [0.05, 0.1) is 39.9 Å². The van der Waals surface area contributed by atoms with Crippen LogP contribution in [0.1, 0.15) is 290 Å². The van der Waals surface area contributed by atoms with Crippen LogP contribution in [-0.2, 0) is 18.4 Å². The molecule has 0 aromatic rings. The first-order valence-electron chi connectivity index (χ1n) is 31.7. The van der Waals surface area contributed by atoms with Gasteiger partial charge in [-0.15, -0.1) is 0 Å². The minimum Gasteiger partial charge on any atom is -0.390 e. The number of aliphatic hydroxyl groups is 2. The van der Waals surface area contributed by atoms with E-state index < -0.39 is 32.7 Å². The van der Waals surface area contributed by atoms with Gasteiger partial charge in [0.15, 0.2) is 0 Å². The molecule has 0 bridgehead atoms. The van der Waals surface area contributed by atoms with Crippen LogP contribution in [0.25, 0.3) is 0 Å². The van der Waals surface area contributed by atoms with Crippen molar-refractivity contribution in [3.05, 3.63) is 60.8 Å². The molecule has 0 spiro atoms. The number of unbranched alkanes of at least 4 members (excludes halogenated alkanes) is 34.